The third kappa shape index (κ3) is 3.44. The Morgan fingerprint density at radius 1 is 0.973 bits per heavy atom. The quantitative estimate of drug-likeness (QED) is 0.332. The molecule has 1 aromatic heterocycles. The second-order valence-electron chi connectivity index (χ2n) is 10.8. The third-order valence-electron chi connectivity index (χ3n) is 7.34. The molecule has 0 N–H and O–H groups in total. The van der Waals surface area contributed by atoms with Gasteiger partial charge in [-0.25, -0.2) is 4.79 Å². The lowest BCUT2D eigenvalue weighted by Gasteiger charge is -2.52. The molecule has 6 rings (SSSR count). The van der Waals surface area contributed by atoms with Gasteiger partial charge in [-0.1, -0.05) is 36.4 Å². The Labute approximate surface area is 214 Å². The van der Waals surface area contributed by atoms with Crippen LogP contribution in [-0.2, 0) is 9.47 Å². The molecule has 2 atom stereocenters. The third-order valence-corrected chi connectivity index (χ3v) is 7.34. The van der Waals surface area contributed by atoms with Gasteiger partial charge in [-0.05, 0) is 62.8 Å². The number of Topliss-reactive ketones (excluding diaryl/α,β-unsaturated/α-hetero) is 2. The summed E-state index contributed by atoms with van der Waals surface area (Å²) in [5.74, 6) is -0.446. The molecule has 0 spiro atoms. The lowest BCUT2D eigenvalue weighted by Crippen LogP contribution is -2.62. The van der Waals surface area contributed by atoms with Gasteiger partial charge in [0, 0.05) is 35.4 Å². The fourth-order valence-corrected chi connectivity index (χ4v) is 5.78. The van der Waals surface area contributed by atoms with Gasteiger partial charge >= 0.3 is 6.16 Å². The number of nitrogens with zero attached hydrogens (tertiary/aromatic N) is 1. The highest BCUT2D eigenvalue weighted by molar-refractivity contribution is 6.29. The Morgan fingerprint density at radius 2 is 1.70 bits per heavy atom. The Bertz CT molecular complexity index is 1530. The molecular formula is C30H27NO6. The van der Waals surface area contributed by atoms with Gasteiger partial charge in [-0.3, -0.25) is 14.6 Å². The Balaban J connectivity index is 1.53. The Kier molecular flexibility index (Phi) is 5.14. The number of pyridine rings is 1. The van der Waals surface area contributed by atoms with Crippen LogP contribution >= 0.6 is 0 Å². The lowest BCUT2D eigenvalue weighted by atomic mass is 9.52. The van der Waals surface area contributed by atoms with Crippen molar-refractivity contribution in [3.63, 3.8) is 0 Å². The number of carbonyl (C=O) groups is 3. The zero-order valence-electron chi connectivity index (χ0n) is 21.2. The number of ketones is 2. The first kappa shape index (κ1) is 23.6. The zero-order chi connectivity index (χ0) is 26.1. The second-order valence-corrected chi connectivity index (χ2v) is 10.8. The molecule has 0 saturated heterocycles. The van der Waals surface area contributed by atoms with Crippen molar-refractivity contribution < 1.29 is 28.6 Å². The van der Waals surface area contributed by atoms with E-state index < -0.39 is 23.3 Å². The molecule has 1 fully saturated rings. The summed E-state index contributed by atoms with van der Waals surface area (Å²) in [4.78, 5) is 44.6. The van der Waals surface area contributed by atoms with E-state index in [9.17, 15) is 14.4 Å². The molecule has 0 amide bonds. The van der Waals surface area contributed by atoms with Crippen molar-refractivity contribution in [3.8, 4) is 5.75 Å². The predicted octanol–water partition coefficient (Wildman–Crippen LogP) is 5.81. The van der Waals surface area contributed by atoms with Gasteiger partial charge < -0.3 is 14.2 Å². The summed E-state index contributed by atoms with van der Waals surface area (Å²) in [5.41, 5.74) is 1.64. The van der Waals surface area contributed by atoms with Crippen LogP contribution in [0.1, 0.15) is 59.9 Å². The monoisotopic (exact) mass is 497 g/mol. The summed E-state index contributed by atoms with van der Waals surface area (Å²) in [5, 5.41) is 0.700. The van der Waals surface area contributed by atoms with E-state index in [2.05, 4.69) is 4.98 Å². The maximum Gasteiger partial charge on any atom is 0.514 e. The fraction of sp³-hybridized carbons (Fsp3) is 0.333. The lowest BCUT2D eigenvalue weighted by molar-refractivity contribution is -0.00291. The maximum absolute atomic E-state index is 14.0. The normalized spacial score (nSPS) is 22.9. The number of benzene rings is 2. The number of methoxy groups -OCH3 is 1. The van der Waals surface area contributed by atoms with Gasteiger partial charge in [0.15, 0.2) is 17.1 Å². The number of carbonyl (C=O) groups excluding carboxylic acids is 3. The van der Waals surface area contributed by atoms with Crippen molar-refractivity contribution in [2.75, 3.05) is 7.11 Å². The molecule has 7 heteroatoms. The van der Waals surface area contributed by atoms with E-state index in [1.807, 2.05) is 12.1 Å². The van der Waals surface area contributed by atoms with Crippen LogP contribution in [-0.4, -0.2) is 41.0 Å². The molecule has 37 heavy (non-hydrogen) atoms. The van der Waals surface area contributed by atoms with Crippen molar-refractivity contribution in [3.05, 3.63) is 77.0 Å². The number of aromatic nitrogens is 1. The molecule has 3 aromatic rings. The number of ether oxygens (including phenoxy) is 3. The van der Waals surface area contributed by atoms with Gasteiger partial charge in [0.05, 0.1) is 5.92 Å². The van der Waals surface area contributed by atoms with Crippen LogP contribution in [0.15, 0.2) is 60.3 Å². The largest absolute Gasteiger partial charge is 0.514 e. The maximum atomic E-state index is 14.0. The van der Waals surface area contributed by atoms with Crippen LogP contribution in [0, 0.1) is 11.8 Å². The smallest absolute Gasteiger partial charge is 0.428 e. The molecule has 188 valence electrons. The van der Waals surface area contributed by atoms with Gasteiger partial charge in [-0.15, -0.1) is 0 Å². The molecule has 0 aliphatic heterocycles. The van der Waals surface area contributed by atoms with Crippen LogP contribution in [0.3, 0.4) is 0 Å². The molecule has 0 bridgehead atoms. The van der Waals surface area contributed by atoms with Crippen LogP contribution < -0.4 is 4.74 Å². The van der Waals surface area contributed by atoms with Crippen LogP contribution in [0.25, 0.3) is 16.5 Å². The Hall–Kier alpha value is -3.84. The highest BCUT2D eigenvalue weighted by atomic mass is 16.7. The van der Waals surface area contributed by atoms with Gasteiger partial charge in [0.2, 0.25) is 5.78 Å². The van der Waals surface area contributed by atoms with E-state index in [0.717, 1.165) is 29.6 Å². The van der Waals surface area contributed by atoms with Crippen molar-refractivity contribution in [1.29, 1.82) is 0 Å². The highest BCUT2D eigenvalue weighted by Crippen LogP contribution is 2.63. The number of hydrogen-bond donors (Lipinski definition) is 0. The first-order valence-corrected chi connectivity index (χ1v) is 12.4. The summed E-state index contributed by atoms with van der Waals surface area (Å²) in [6, 6.07) is 14.1. The number of fused-ring (bicyclic) bond motifs is 3. The SMILES string of the molecule is COC12C(=O)c3ccccc3C(=O)C1C(C1CC1)=C2c1ccc(OC(=O)OC(C)(C)C)c2ncccc12. The molecule has 1 heterocycles. The summed E-state index contributed by atoms with van der Waals surface area (Å²) in [7, 11) is 1.50. The molecule has 2 unspecified atom stereocenters. The minimum atomic E-state index is -1.40. The van der Waals surface area contributed by atoms with E-state index >= 15 is 0 Å². The zero-order valence-corrected chi connectivity index (χ0v) is 21.2. The van der Waals surface area contributed by atoms with Crippen molar-refractivity contribution >= 4 is 34.2 Å². The molecule has 1 saturated carbocycles. The molecule has 2 aromatic carbocycles. The molecule has 7 nitrogen and oxygen atoms in total. The van der Waals surface area contributed by atoms with Crippen LogP contribution in [0.5, 0.6) is 5.75 Å². The standard InChI is InChI=1S/C30H27NO6/c1-29(2,3)37-28(34)36-21-14-13-17(18-10-7-15-31-25(18)21)23-22(16-11-12-16)24-26(32)19-8-5-6-9-20(19)27(33)30(23,24)35-4/h5-10,13-16,24H,11-12H2,1-4H3. The molecule has 3 aliphatic carbocycles. The van der Waals surface area contributed by atoms with E-state index in [1.54, 1.807) is 63.4 Å². The predicted molar refractivity (Wildman–Crippen MR) is 137 cm³/mol. The van der Waals surface area contributed by atoms with Crippen molar-refractivity contribution in [1.82, 2.24) is 4.98 Å². The van der Waals surface area contributed by atoms with E-state index in [4.69, 9.17) is 14.2 Å². The molecular weight excluding hydrogens is 470 g/mol. The van der Waals surface area contributed by atoms with Crippen molar-refractivity contribution in [2.45, 2.75) is 44.8 Å². The summed E-state index contributed by atoms with van der Waals surface area (Å²) in [6.07, 6.45) is 2.72. The minimum Gasteiger partial charge on any atom is -0.428 e. The van der Waals surface area contributed by atoms with E-state index in [0.29, 0.717) is 22.0 Å². The second kappa shape index (κ2) is 8.08. The van der Waals surface area contributed by atoms with Gasteiger partial charge in [0.25, 0.3) is 0 Å². The fourth-order valence-electron chi connectivity index (χ4n) is 5.78. The average molecular weight is 498 g/mol. The minimum absolute atomic E-state index is 0.0741. The first-order valence-electron chi connectivity index (χ1n) is 12.4. The molecule has 0 radical (unpaired) electrons. The van der Waals surface area contributed by atoms with Crippen molar-refractivity contribution in [2.24, 2.45) is 11.8 Å². The van der Waals surface area contributed by atoms with Gasteiger partial charge in [0.1, 0.15) is 11.1 Å². The summed E-state index contributed by atoms with van der Waals surface area (Å²) in [6.45, 7) is 5.28. The summed E-state index contributed by atoms with van der Waals surface area (Å²) < 4.78 is 16.9. The average Bonchev–Trinajstić information content (AvgIpc) is 3.68. The Morgan fingerprint density at radius 3 is 2.38 bits per heavy atom. The first-order chi connectivity index (χ1) is 17.7. The topological polar surface area (TPSA) is 91.8 Å². The van der Waals surface area contributed by atoms with E-state index in [-0.39, 0.29) is 23.2 Å². The van der Waals surface area contributed by atoms with Gasteiger partial charge in [-0.2, -0.15) is 0 Å². The summed E-state index contributed by atoms with van der Waals surface area (Å²) >= 11 is 0. The van der Waals surface area contributed by atoms with Crippen LogP contribution in [0.2, 0.25) is 0 Å². The van der Waals surface area contributed by atoms with Crippen LogP contribution in [0.4, 0.5) is 4.79 Å². The highest BCUT2D eigenvalue weighted by Gasteiger charge is 2.67. The van der Waals surface area contributed by atoms with E-state index in [1.165, 1.54) is 7.11 Å². The number of hydrogen-bond acceptors (Lipinski definition) is 7. The number of rotatable bonds is 4. The molecule has 3 aliphatic rings.